The zero-order valence-corrected chi connectivity index (χ0v) is 16.2. The molecule has 7 heteroatoms. The SMILES string of the molecule is O=c1[nH]nc(SC(c2ccccc2)c2ccc(Cl)cc2)n1CC1CCCO1. The highest BCUT2D eigenvalue weighted by Crippen LogP contribution is 2.39. The van der Waals surface area contributed by atoms with Crippen LogP contribution in [-0.2, 0) is 11.3 Å². The van der Waals surface area contributed by atoms with Crippen LogP contribution in [0.15, 0.2) is 64.5 Å². The summed E-state index contributed by atoms with van der Waals surface area (Å²) in [7, 11) is 0. The molecule has 0 saturated carbocycles. The molecule has 2 atom stereocenters. The summed E-state index contributed by atoms with van der Waals surface area (Å²) in [6, 6.07) is 18.0. The topological polar surface area (TPSA) is 59.9 Å². The van der Waals surface area contributed by atoms with Gasteiger partial charge in [0.1, 0.15) is 0 Å². The van der Waals surface area contributed by atoms with E-state index in [1.165, 1.54) is 0 Å². The predicted octanol–water partition coefficient (Wildman–Crippen LogP) is 4.29. The Morgan fingerprint density at radius 1 is 1.19 bits per heavy atom. The summed E-state index contributed by atoms with van der Waals surface area (Å²) < 4.78 is 7.39. The van der Waals surface area contributed by atoms with Crippen molar-refractivity contribution < 1.29 is 4.74 Å². The molecule has 2 unspecified atom stereocenters. The van der Waals surface area contributed by atoms with E-state index in [1.54, 1.807) is 16.3 Å². The summed E-state index contributed by atoms with van der Waals surface area (Å²) in [6.45, 7) is 1.29. The van der Waals surface area contributed by atoms with E-state index in [9.17, 15) is 4.79 Å². The number of H-pyrrole nitrogens is 1. The van der Waals surface area contributed by atoms with Gasteiger partial charge in [-0.05, 0) is 36.1 Å². The largest absolute Gasteiger partial charge is 0.376 e. The van der Waals surface area contributed by atoms with Crippen molar-refractivity contribution in [3.8, 4) is 0 Å². The van der Waals surface area contributed by atoms with Crippen molar-refractivity contribution in [2.75, 3.05) is 6.61 Å². The lowest BCUT2D eigenvalue weighted by atomic mass is 10.0. The zero-order chi connectivity index (χ0) is 18.6. The number of ether oxygens (including phenoxy) is 1. The van der Waals surface area contributed by atoms with Gasteiger partial charge in [-0.25, -0.2) is 9.89 Å². The van der Waals surface area contributed by atoms with Gasteiger partial charge in [0.15, 0.2) is 5.16 Å². The molecule has 1 N–H and O–H groups in total. The van der Waals surface area contributed by atoms with Gasteiger partial charge in [-0.15, -0.1) is 5.10 Å². The molecule has 0 radical (unpaired) electrons. The maximum Gasteiger partial charge on any atom is 0.344 e. The Kier molecular flexibility index (Phi) is 5.66. The lowest BCUT2D eigenvalue weighted by Crippen LogP contribution is -2.25. The van der Waals surface area contributed by atoms with Gasteiger partial charge in [0, 0.05) is 11.6 Å². The fourth-order valence-corrected chi connectivity index (χ4v) is 4.55. The van der Waals surface area contributed by atoms with Gasteiger partial charge in [-0.3, -0.25) is 4.57 Å². The fraction of sp³-hybridized carbons (Fsp3) is 0.300. The van der Waals surface area contributed by atoms with Crippen LogP contribution in [0.3, 0.4) is 0 Å². The minimum absolute atomic E-state index is 0.00177. The molecule has 0 amide bonds. The van der Waals surface area contributed by atoms with Crippen molar-refractivity contribution >= 4 is 23.4 Å². The van der Waals surface area contributed by atoms with Crippen LogP contribution in [0.2, 0.25) is 5.02 Å². The average molecular weight is 402 g/mol. The van der Waals surface area contributed by atoms with Gasteiger partial charge in [0.25, 0.3) is 0 Å². The molecule has 140 valence electrons. The number of aromatic amines is 1. The summed E-state index contributed by atoms with van der Waals surface area (Å²) in [6.07, 6.45) is 2.09. The molecular formula is C20H20ClN3O2S. The third-order valence-corrected chi connectivity index (χ3v) is 6.19. The molecule has 1 saturated heterocycles. The Morgan fingerprint density at radius 3 is 2.63 bits per heavy atom. The standard InChI is InChI=1S/C20H20ClN3O2S/c21-16-10-8-15(9-11-16)18(14-5-2-1-3-6-14)27-20-23-22-19(25)24(20)13-17-7-4-12-26-17/h1-3,5-6,8-11,17-18H,4,7,12-13H2,(H,22,25). The number of benzene rings is 2. The first-order valence-corrected chi connectivity index (χ1v) is 10.2. The number of thioether (sulfide) groups is 1. The Labute approximate surface area is 166 Å². The molecule has 3 aromatic rings. The molecule has 27 heavy (non-hydrogen) atoms. The molecule has 1 aromatic heterocycles. The maximum absolute atomic E-state index is 12.3. The molecule has 1 fully saturated rings. The van der Waals surface area contributed by atoms with Crippen molar-refractivity contribution in [1.29, 1.82) is 0 Å². The van der Waals surface area contributed by atoms with Gasteiger partial charge in [-0.2, -0.15) is 0 Å². The Bertz CT molecular complexity index is 934. The summed E-state index contributed by atoms with van der Waals surface area (Å²) >= 11 is 7.62. The molecule has 2 heterocycles. The first kappa shape index (κ1) is 18.3. The van der Waals surface area contributed by atoms with E-state index >= 15 is 0 Å². The van der Waals surface area contributed by atoms with E-state index in [2.05, 4.69) is 22.3 Å². The van der Waals surface area contributed by atoms with Gasteiger partial charge in [-0.1, -0.05) is 65.8 Å². The normalized spacial score (nSPS) is 17.9. The van der Waals surface area contributed by atoms with Crippen LogP contribution in [0.1, 0.15) is 29.2 Å². The van der Waals surface area contributed by atoms with Crippen LogP contribution in [0.5, 0.6) is 0 Å². The number of nitrogens with one attached hydrogen (secondary N) is 1. The van der Waals surface area contributed by atoms with Crippen LogP contribution >= 0.6 is 23.4 Å². The van der Waals surface area contributed by atoms with Crippen molar-refractivity contribution in [3.63, 3.8) is 0 Å². The van der Waals surface area contributed by atoms with Crippen molar-refractivity contribution in [1.82, 2.24) is 14.8 Å². The lowest BCUT2D eigenvalue weighted by molar-refractivity contribution is 0.0941. The smallest absolute Gasteiger partial charge is 0.344 e. The second-order valence-electron chi connectivity index (χ2n) is 6.52. The van der Waals surface area contributed by atoms with E-state index in [0.717, 1.165) is 30.6 Å². The average Bonchev–Trinajstić information content (AvgIpc) is 3.33. The molecule has 0 aliphatic carbocycles. The van der Waals surface area contributed by atoms with E-state index in [0.29, 0.717) is 16.7 Å². The third-order valence-electron chi connectivity index (χ3n) is 4.63. The minimum atomic E-state index is -0.198. The lowest BCUT2D eigenvalue weighted by Gasteiger charge is -2.18. The number of rotatable bonds is 6. The number of hydrogen-bond acceptors (Lipinski definition) is 4. The van der Waals surface area contributed by atoms with Crippen LogP contribution in [0, 0.1) is 0 Å². The molecule has 5 nitrogen and oxygen atoms in total. The van der Waals surface area contributed by atoms with Crippen molar-refractivity contribution in [2.24, 2.45) is 0 Å². The number of halogens is 1. The van der Waals surface area contributed by atoms with Gasteiger partial charge < -0.3 is 4.74 Å². The van der Waals surface area contributed by atoms with Crippen LogP contribution < -0.4 is 5.69 Å². The summed E-state index contributed by atoms with van der Waals surface area (Å²) in [4.78, 5) is 12.3. The van der Waals surface area contributed by atoms with Gasteiger partial charge >= 0.3 is 5.69 Å². The van der Waals surface area contributed by atoms with E-state index in [-0.39, 0.29) is 17.0 Å². The van der Waals surface area contributed by atoms with E-state index < -0.39 is 0 Å². The Morgan fingerprint density at radius 2 is 1.93 bits per heavy atom. The Balaban J connectivity index is 1.66. The second-order valence-corrected chi connectivity index (χ2v) is 8.03. The highest BCUT2D eigenvalue weighted by atomic mass is 35.5. The highest BCUT2D eigenvalue weighted by Gasteiger charge is 2.23. The third kappa shape index (κ3) is 4.29. The summed E-state index contributed by atoms with van der Waals surface area (Å²) in [5.74, 6) is 0. The zero-order valence-electron chi connectivity index (χ0n) is 14.7. The number of nitrogens with zero attached hydrogens (tertiary/aromatic N) is 2. The van der Waals surface area contributed by atoms with E-state index in [1.807, 2.05) is 42.5 Å². The van der Waals surface area contributed by atoms with E-state index in [4.69, 9.17) is 16.3 Å². The summed E-state index contributed by atoms with van der Waals surface area (Å²) in [5, 5.41) is 8.23. The molecule has 2 aromatic carbocycles. The van der Waals surface area contributed by atoms with Crippen LogP contribution in [0.25, 0.3) is 0 Å². The highest BCUT2D eigenvalue weighted by molar-refractivity contribution is 7.99. The molecule has 1 aliphatic rings. The predicted molar refractivity (Wildman–Crippen MR) is 107 cm³/mol. The number of hydrogen-bond donors (Lipinski definition) is 1. The fourth-order valence-electron chi connectivity index (χ4n) is 3.25. The van der Waals surface area contributed by atoms with Crippen molar-refractivity contribution in [3.05, 3.63) is 81.2 Å². The molecular weight excluding hydrogens is 382 g/mol. The van der Waals surface area contributed by atoms with Gasteiger partial charge in [0.2, 0.25) is 0 Å². The second kappa shape index (κ2) is 8.33. The molecule has 4 rings (SSSR count). The monoisotopic (exact) mass is 401 g/mol. The molecule has 1 aliphatic heterocycles. The quantitative estimate of drug-likeness (QED) is 0.626. The Hall–Kier alpha value is -2.02. The van der Waals surface area contributed by atoms with Crippen LogP contribution in [-0.4, -0.2) is 27.5 Å². The summed E-state index contributed by atoms with van der Waals surface area (Å²) in [5.41, 5.74) is 2.05. The maximum atomic E-state index is 12.3. The minimum Gasteiger partial charge on any atom is -0.376 e. The number of aromatic nitrogens is 3. The molecule has 0 bridgehead atoms. The van der Waals surface area contributed by atoms with Crippen molar-refractivity contribution in [2.45, 2.75) is 35.9 Å². The van der Waals surface area contributed by atoms with Crippen LogP contribution in [0.4, 0.5) is 0 Å². The van der Waals surface area contributed by atoms with Gasteiger partial charge in [0.05, 0.1) is 17.9 Å². The first-order valence-electron chi connectivity index (χ1n) is 8.94. The first-order chi connectivity index (χ1) is 13.2. The molecule has 0 spiro atoms.